The molecule has 0 heterocycles. The zero-order valence-corrected chi connectivity index (χ0v) is 11.2. The highest BCUT2D eigenvalue weighted by molar-refractivity contribution is 5.87. The lowest BCUT2D eigenvalue weighted by Gasteiger charge is -2.08. The Morgan fingerprint density at radius 3 is 2.15 bits per heavy atom. The fourth-order valence-electron chi connectivity index (χ4n) is 2.38. The molecule has 20 heavy (non-hydrogen) atoms. The Labute approximate surface area is 118 Å². The molecule has 0 aliphatic heterocycles. The van der Waals surface area contributed by atoms with Crippen LogP contribution in [-0.2, 0) is 0 Å². The van der Waals surface area contributed by atoms with Gasteiger partial charge in [0.05, 0.1) is 6.10 Å². The van der Waals surface area contributed by atoms with E-state index in [1.54, 1.807) is 0 Å². The maximum absolute atomic E-state index is 9.71. The summed E-state index contributed by atoms with van der Waals surface area (Å²) in [5.41, 5.74) is 3.20. The molecule has 0 bridgehead atoms. The first kappa shape index (κ1) is 12.6. The molecule has 98 valence electrons. The molecule has 1 N–H and O–H groups in total. The van der Waals surface area contributed by atoms with E-state index >= 15 is 0 Å². The molecule has 0 amide bonds. The van der Waals surface area contributed by atoms with E-state index in [-0.39, 0.29) is 0 Å². The molecule has 0 radical (unpaired) electrons. The van der Waals surface area contributed by atoms with E-state index in [0.717, 1.165) is 11.1 Å². The van der Waals surface area contributed by atoms with Gasteiger partial charge in [-0.25, -0.2) is 0 Å². The first-order valence-corrected chi connectivity index (χ1v) is 6.68. The van der Waals surface area contributed by atoms with Crippen molar-refractivity contribution in [1.82, 2.24) is 0 Å². The minimum atomic E-state index is -0.597. The van der Waals surface area contributed by atoms with Crippen LogP contribution >= 0.6 is 0 Å². The summed E-state index contributed by atoms with van der Waals surface area (Å²) in [5.74, 6) is 0. The molecule has 0 aliphatic rings. The summed E-state index contributed by atoms with van der Waals surface area (Å²) in [6, 6.07) is 22.7. The van der Waals surface area contributed by atoms with Crippen LogP contribution in [0.15, 0.2) is 79.4 Å². The molecule has 0 saturated heterocycles. The van der Waals surface area contributed by atoms with Crippen molar-refractivity contribution in [2.75, 3.05) is 0 Å². The molecule has 3 rings (SSSR count). The molecule has 0 saturated carbocycles. The van der Waals surface area contributed by atoms with Gasteiger partial charge in [0.25, 0.3) is 0 Å². The van der Waals surface area contributed by atoms with E-state index in [2.05, 4.69) is 43.0 Å². The smallest absolute Gasteiger partial charge is 0.0969 e. The van der Waals surface area contributed by atoms with Gasteiger partial charge in [0, 0.05) is 0 Å². The average Bonchev–Trinajstić information content (AvgIpc) is 2.54. The first-order chi connectivity index (χ1) is 9.78. The van der Waals surface area contributed by atoms with Gasteiger partial charge in [-0.3, -0.25) is 0 Å². The van der Waals surface area contributed by atoms with Gasteiger partial charge in [-0.1, -0.05) is 66.7 Å². The molecule has 3 aromatic rings. The normalized spacial score (nSPS) is 12.2. The van der Waals surface area contributed by atoms with Crippen LogP contribution in [0.4, 0.5) is 0 Å². The summed E-state index contributed by atoms with van der Waals surface area (Å²) in [5, 5.41) is 12.2. The maximum Gasteiger partial charge on any atom is 0.0969 e. The number of benzene rings is 3. The number of hydrogen-bond donors (Lipinski definition) is 1. The Morgan fingerprint density at radius 1 is 0.800 bits per heavy atom. The lowest BCUT2D eigenvalue weighted by atomic mass is 9.99. The van der Waals surface area contributed by atoms with Gasteiger partial charge in [0.1, 0.15) is 0 Å². The molecule has 1 unspecified atom stereocenters. The third-order valence-electron chi connectivity index (χ3n) is 3.56. The number of fused-ring (bicyclic) bond motifs is 1. The third kappa shape index (κ3) is 2.36. The molecule has 1 heteroatoms. The number of hydrogen-bond acceptors (Lipinski definition) is 1. The first-order valence-electron chi connectivity index (χ1n) is 6.68. The lowest BCUT2D eigenvalue weighted by molar-refractivity contribution is 0.229. The molecule has 1 nitrogen and oxygen atoms in total. The van der Waals surface area contributed by atoms with Gasteiger partial charge in [-0.2, -0.15) is 0 Å². The zero-order valence-electron chi connectivity index (χ0n) is 11.2. The van der Waals surface area contributed by atoms with E-state index in [4.69, 9.17) is 0 Å². The van der Waals surface area contributed by atoms with Crippen LogP contribution in [0.5, 0.6) is 0 Å². The van der Waals surface area contributed by atoms with E-state index in [1.807, 2.05) is 30.3 Å². The monoisotopic (exact) mass is 260 g/mol. The average molecular weight is 260 g/mol. The third-order valence-corrected chi connectivity index (χ3v) is 3.56. The number of aliphatic hydroxyl groups is 1. The second-order valence-corrected chi connectivity index (χ2v) is 4.86. The topological polar surface area (TPSA) is 20.2 Å². The van der Waals surface area contributed by atoms with Gasteiger partial charge in [0.2, 0.25) is 0 Å². The Hall–Kier alpha value is -2.38. The van der Waals surface area contributed by atoms with Crippen LogP contribution in [0.25, 0.3) is 21.9 Å². The van der Waals surface area contributed by atoms with Crippen LogP contribution in [0.3, 0.4) is 0 Å². The molecule has 0 spiro atoms. The standard InChI is InChI=1S/C19H16O/c1-2-19(20)16-10-7-15(8-11-16)18-12-9-14-5-3-4-6-17(14)13-18/h2-13,19-20H,1H2. The summed E-state index contributed by atoms with van der Waals surface area (Å²) in [4.78, 5) is 0. The van der Waals surface area contributed by atoms with Crippen molar-refractivity contribution in [3.8, 4) is 11.1 Å². The lowest BCUT2D eigenvalue weighted by Crippen LogP contribution is -1.91. The number of aliphatic hydroxyl groups excluding tert-OH is 1. The maximum atomic E-state index is 9.71. The van der Waals surface area contributed by atoms with E-state index in [1.165, 1.54) is 22.4 Å². The summed E-state index contributed by atoms with van der Waals surface area (Å²) in [7, 11) is 0. The molecule has 0 aromatic heterocycles. The fourth-order valence-corrected chi connectivity index (χ4v) is 2.38. The van der Waals surface area contributed by atoms with E-state index < -0.39 is 6.10 Å². The highest BCUT2D eigenvalue weighted by Crippen LogP contribution is 2.26. The van der Waals surface area contributed by atoms with Crippen LogP contribution in [0, 0.1) is 0 Å². The molecule has 3 aromatic carbocycles. The van der Waals surface area contributed by atoms with Crippen molar-refractivity contribution in [2.24, 2.45) is 0 Å². The summed E-state index contributed by atoms with van der Waals surface area (Å²) < 4.78 is 0. The number of rotatable bonds is 3. The minimum Gasteiger partial charge on any atom is -0.384 e. The van der Waals surface area contributed by atoms with Gasteiger partial charge in [-0.05, 0) is 33.5 Å². The molecule has 0 aliphatic carbocycles. The fraction of sp³-hybridized carbons (Fsp3) is 0.0526. The van der Waals surface area contributed by atoms with Crippen molar-refractivity contribution in [3.63, 3.8) is 0 Å². The Kier molecular flexibility index (Phi) is 3.36. The van der Waals surface area contributed by atoms with Gasteiger partial charge >= 0.3 is 0 Å². The van der Waals surface area contributed by atoms with E-state index in [0.29, 0.717) is 0 Å². The Balaban J connectivity index is 2.00. The van der Waals surface area contributed by atoms with Crippen molar-refractivity contribution >= 4 is 10.8 Å². The molecular weight excluding hydrogens is 244 g/mol. The molecular formula is C19H16O. The minimum absolute atomic E-state index is 0.597. The second-order valence-electron chi connectivity index (χ2n) is 4.86. The summed E-state index contributed by atoms with van der Waals surface area (Å²) >= 11 is 0. The molecule has 1 atom stereocenters. The molecule has 0 fully saturated rings. The van der Waals surface area contributed by atoms with Gasteiger partial charge < -0.3 is 5.11 Å². The van der Waals surface area contributed by atoms with Gasteiger partial charge in [0.15, 0.2) is 0 Å². The van der Waals surface area contributed by atoms with Crippen molar-refractivity contribution in [3.05, 3.63) is 84.9 Å². The second kappa shape index (κ2) is 5.32. The summed E-state index contributed by atoms with van der Waals surface area (Å²) in [6.45, 7) is 3.60. The van der Waals surface area contributed by atoms with Crippen LogP contribution in [-0.4, -0.2) is 5.11 Å². The predicted octanol–water partition coefficient (Wildman–Crippen LogP) is 4.73. The SMILES string of the molecule is C=CC(O)c1ccc(-c2ccc3ccccc3c2)cc1. The van der Waals surface area contributed by atoms with Crippen molar-refractivity contribution < 1.29 is 5.11 Å². The predicted molar refractivity (Wildman–Crippen MR) is 84.5 cm³/mol. The van der Waals surface area contributed by atoms with Crippen LogP contribution < -0.4 is 0 Å². The largest absolute Gasteiger partial charge is 0.384 e. The van der Waals surface area contributed by atoms with Crippen LogP contribution in [0.1, 0.15) is 11.7 Å². The van der Waals surface area contributed by atoms with Crippen LogP contribution in [0.2, 0.25) is 0 Å². The highest BCUT2D eigenvalue weighted by Gasteiger charge is 2.04. The summed E-state index contributed by atoms with van der Waals surface area (Å²) in [6.07, 6.45) is 0.936. The highest BCUT2D eigenvalue weighted by atomic mass is 16.3. The van der Waals surface area contributed by atoms with Crippen molar-refractivity contribution in [1.29, 1.82) is 0 Å². The zero-order chi connectivity index (χ0) is 13.9. The van der Waals surface area contributed by atoms with Crippen molar-refractivity contribution in [2.45, 2.75) is 6.10 Å². The Morgan fingerprint density at radius 2 is 1.45 bits per heavy atom. The quantitative estimate of drug-likeness (QED) is 0.675. The van der Waals surface area contributed by atoms with E-state index in [9.17, 15) is 5.11 Å². The van der Waals surface area contributed by atoms with Gasteiger partial charge in [-0.15, -0.1) is 6.58 Å². The Bertz CT molecular complexity index is 741.